The molecule has 1 aromatic rings. The quantitative estimate of drug-likeness (QED) is 0.491. The molecule has 0 spiro atoms. The number of carbonyl (C=O) groups excluding carboxylic acids is 3. The van der Waals surface area contributed by atoms with Gasteiger partial charge < -0.3 is 10.5 Å². The van der Waals surface area contributed by atoms with Crippen LogP contribution in [0, 0.1) is 0 Å². The average Bonchev–Trinajstić information content (AvgIpc) is 3.07. The van der Waals surface area contributed by atoms with Gasteiger partial charge in [0, 0.05) is 24.7 Å². The van der Waals surface area contributed by atoms with Gasteiger partial charge in [-0.25, -0.2) is 4.90 Å². The summed E-state index contributed by atoms with van der Waals surface area (Å²) in [5.74, 6) is -1.26. The first-order chi connectivity index (χ1) is 15.6. The fraction of sp³-hybridized carbons (Fsp3) is 0.591. The summed E-state index contributed by atoms with van der Waals surface area (Å²) < 4.78 is 29.9. The third kappa shape index (κ3) is 4.83. The lowest BCUT2D eigenvalue weighted by molar-refractivity contribution is -0.136. The third-order valence-corrected chi connectivity index (χ3v) is 7.01. The Kier molecular flexibility index (Phi) is 6.61. The monoisotopic (exact) mass is 484 g/mol. The molecule has 3 heterocycles. The number of nitrogens with zero attached hydrogens (tertiary/aromatic N) is 3. The number of carbonyl (C=O) groups is 3. The van der Waals surface area contributed by atoms with Gasteiger partial charge in [-0.15, -0.1) is 8.78 Å². The van der Waals surface area contributed by atoms with Crippen molar-refractivity contribution in [1.82, 2.24) is 9.80 Å². The number of anilines is 1. The molecule has 11 heteroatoms. The molecule has 0 aromatic heterocycles. The molecule has 0 saturated carbocycles. The molecule has 8 nitrogen and oxygen atoms in total. The molecule has 3 aliphatic heterocycles. The van der Waals surface area contributed by atoms with E-state index in [4.69, 9.17) is 17.3 Å². The van der Waals surface area contributed by atoms with Crippen molar-refractivity contribution in [2.45, 2.75) is 55.7 Å². The Labute approximate surface area is 195 Å². The summed E-state index contributed by atoms with van der Waals surface area (Å²) in [6.45, 7) is 2.64. The van der Waals surface area contributed by atoms with Crippen LogP contribution in [-0.2, 0) is 14.4 Å². The van der Waals surface area contributed by atoms with E-state index in [0.717, 1.165) is 37.3 Å². The van der Waals surface area contributed by atoms with Crippen LogP contribution >= 0.6 is 11.6 Å². The number of halogens is 3. The SMILES string of the molecule is NC(=O)C1(N2CCCCC2)CCN([C@H]2CC(=O)N(c3ccc(OC(F)(F)Cl)cc3)C2=O)CC1. The van der Waals surface area contributed by atoms with E-state index in [0.29, 0.717) is 25.9 Å². The van der Waals surface area contributed by atoms with Gasteiger partial charge >= 0.3 is 5.57 Å². The molecular weight excluding hydrogens is 458 g/mol. The number of likely N-dealkylation sites (tertiary alicyclic amines) is 2. The standard InChI is InChI=1S/C22H27ClF2N4O4/c23-22(24,25)33-16-6-4-15(5-7-16)29-18(30)14-17(19(29)31)27-12-8-21(9-13-27,20(26)32)28-10-2-1-3-11-28/h4-7,17H,1-3,8-14H2,(H2,26,32)/t17-/m0/s1. The second-order valence-electron chi connectivity index (χ2n) is 8.81. The number of primary amides is 1. The van der Waals surface area contributed by atoms with Gasteiger partial charge in [-0.1, -0.05) is 6.42 Å². The maximum atomic E-state index is 13.1. The van der Waals surface area contributed by atoms with Gasteiger partial charge in [0.15, 0.2) is 0 Å². The Hall–Kier alpha value is -2.30. The highest BCUT2D eigenvalue weighted by Crippen LogP contribution is 2.35. The lowest BCUT2D eigenvalue weighted by atomic mass is 9.83. The molecule has 3 amide bonds. The second-order valence-corrected chi connectivity index (χ2v) is 9.25. The first-order valence-electron chi connectivity index (χ1n) is 11.1. The Morgan fingerprint density at radius 3 is 2.21 bits per heavy atom. The minimum Gasteiger partial charge on any atom is -0.420 e. The van der Waals surface area contributed by atoms with E-state index < -0.39 is 17.1 Å². The van der Waals surface area contributed by atoms with Crippen molar-refractivity contribution in [1.29, 1.82) is 0 Å². The number of alkyl halides is 3. The molecule has 4 rings (SSSR count). The van der Waals surface area contributed by atoms with Crippen LogP contribution < -0.4 is 15.4 Å². The predicted molar refractivity (Wildman–Crippen MR) is 117 cm³/mol. The van der Waals surface area contributed by atoms with Gasteiger partial charge in [0.25, 0.3) is 5.91 Å². The van der Waals surface area contributed by atoms with Crippen molar-refractivity contribution in [3.05, 3.63) is 24.3 Å². The number of benzene rings is 1. The lowest BCUT2D eigenvalue weighted by Gasteiger charge is -2.48. The van der Waals surface area contributed by atoms with Crippen LogP contribution in [0.1, 0.15) is 38.5 Å². The zero-order valence-corrected chi connectivity index (χ0v) is 18.9. The number of hydrogen-bond donors (Lipinski definition) is 1. The largest absolute Gasteiger partial charge is 0.487 e. The van der Waals surface area contributed by atoms with Crippen molar-refractivity contribution in [2.24, 2.45) is 5.73 Å². The van der Waals surface area contributed by atoms with Gasteiger partial charge in [-0.3, -0.25) is 24.2 Å². The molecule has 0 radical (unpaired) electrons. The maximum absolute atomic E-state index is 13.1. The minimum atomic E-state index is -3.85. The van der Waals surface area contributed by atoms with Crippen LogP contribution in [0.4, 0.5) is 14.5 Å². The minimum absolute atomic E-state index is 0.0180. The number of piperidine rings is 2. The molecular formula is C22H27ClF2N4O4. The molecule has 3 fully saturated rings. The number of rotatable bonds is 6. The first kappa shape index (κ1) is 23.8. The Morgan fingerprint density at radius 1 is 1.06 bits per heavy atom. The van der Waals surface area contributed by atoms with Crippen molar-refractivity contribution >= 4 is 35.0 Å². The molecule has 0 bridgehead atoms. The Balaban J connectivity index is 1.43. The summed E-state index contributed by atoms with van der Waals surface area (Å²) in [6.07, 6.45) is 4.26. The lowest BCUT2D eigenvalue weighted by Crippen LogP contribution is -2.64. The van der Waals surface area contributed by atoms with Gasteiger partial charge in [0.05, 0.1) is 18.2 Å². The van der Waals surface area contributed by atoms with Crippen LogP contribution in [-0.4, -0.2) is 70.8 Å². The molecule has 3 aliphatic rings. The molecule has 3 saturated heterocycles. The van der Waals surface area contributed by atoms with E-state index in [2.05, 4.69) is 9.64 Å². The van der Waals surface area contributed by atoms with E-state index in [1.54, 1.807) is 0 Å². The Morgan fingerprint density at radius 2 is 1.67 bits per heavy atom. The van der Waals surface area contributed by atoms with E-state index in [1.165, 1.54) is 24.3 Å². The fourth-order valence-corrected chi connectivity index (χ4v) is 5.30. The zero-order valence-electron chi connectivity index (χ0n) is 18.1. The third-order valence-electron chi connectivity index (χ3n) is 6.94. The first-order valence-corrected chi connectivity index (χ1v) is 11.5. The van der Waals surface area contributed by atoms with Crippen molar-refractivity contribution in [3.63, 3.8) is 0 Å². The highest BCUT2D eigenvalue weighted by atomic mass is 35.5. The predicted octanol–water partition coefficient (Wildman–Crippen LogP) is 2.29. The summed E-state index contributed by atoms with van der Waals surface area (Å²) in [5, 5.41) is 0. The Bertz CT molecular complexity index is 910. The van der Waals surface area contributed by atoms with Crippen LogP contribution in [0.2, 0.25) is 0 Å². The number of ether oxygens (including phenoxy) is 1. The number of imide groups is 1. The van der Waals surface area contributed by atoms with Gasteiger partial charge in [0.2, 0.25) is 11.8 Å². The molecule has 1 atom stereocenters. The van der Waals surface area contributed by atoms with E-state index in [9.17, 15) is 23.2 Å². The van der Waals surface area contributed by atoms with E-state index in [1.807, 2.05) is 4.90 Å². The summed E-state index contributed by atoms with van der Waals surface area (Å²) in [6, 6.07) is 4.54. The molecule has 2 N–H and O–H groups in total. The summed E-state index contributed by atoms with van der Waals surface area (Å²) in [5.41, 5.74) is 1.55. The molecule has 33 heavy (non-hydrogen) atoms. The summed E-state index contributed by atoms with van der Waals surface area (Å²) in [7, 11) is 0. The highest BCUT2D eigenvalue weighted by molar-refractivity contribution is 6.22. The summed E-state index contributed by atoms with van der Waals surface area (Å²) in [4.78, 5) is 43.4. The van der Waals surface area contributed by atoms with E-state index in [-0.39, 0.29) is 35.6 Å². The molecule has 0 aliphatic carbocycles. The van der Waals surface area contributed by atoms with Crippen LogP contribution in [0.3, 0.4) is 0 Å². The van der Waals surface area contributed by atoms with Crippen molar-refractivity contribution in [3.8, 4) is 5.75 Å². The number of hydrogen-bond acceptors (Lipinski definition) is 6. The van der Waals surface area contributed by atoms with Crippen LogP contribution in [0.25, 0.3) is 0 Å². The van der Waals surface area contributed by atoms with Crippen molar-refractivity contribution < 1.29 is 27.9 Å². The molecule has 1 aromatic carbocycles. The maximum Gasteiger partial charge on any atom is 0.487 e. The smallest absolute Gasteiger partial charge is 0.420 e. The fourth-order valence-electron chi connectivity index (χ4n) is 5.22. The van der Waals surface area contributed by atoms with Crippen LogP contribution in [0.5, 0.6) is 5.75 Å². The topological polar surface area (TPSA) is 96.2 Å². The van der Waals surface area contributed by atoms with E-state index >= 15 is 0 Å². The highest BCUT2D eigenvalue weighted by Gasteiger charge is 2.49. The number of nitrogens with two attached hydrogens (primary N) is 1. The van der Waals surface area contributed by atoms with Crippen molar-refractivity contribution in [2.75, 3.05) is 31.1 Å². The van der Waals surface area contributed by atoms with Gasteiger partial charge in [-0.2, -0.15) is 0 Å². The summed E-state index contributed by atoms with van der Waals surface area (Å²) >= 11 is 4.76. The number of amides is 3. The van der Waals surface area contributed by atoms with Crippen LogP contribution in [0.15, 0.2) is 24.3 Å². The van der Waals surface area contributed by atoms with Gasteiger partial charge in [-0.05, 0) is 63.0 Å². The second kappa shape index (κ2) is 9.15. The molecule has 0 unspecified atom stereocenters. The molecule has 180 valence electrons. The normalized spacial score (nSPS) is 24.8. The van der Waals surface area contributed by atoms with Gasteiger partial charge in [0.1, 0.15) is 11.3 Å². The zero-order chi connectivity index (χ0) is 23.8. The average molecular weight is 485 g/mol.